The Morgan fingerprint density at radius 2 is 1.48 bits per heavy atom. The predicted octanol–water partition coefficient (Wildman–Crippen LogP) is 4.77. The molecule has 0 heterocycles. The highest BCUT2D eigenvalue weighted by Gasteiger charge is 2.13. The van der Waals surface area contributed by atoms with Crippen molar-refractivity contribution in [2.24, 2.45) is 0 Å². The first kappa shape index (κ1) is 20.8. The Morgan fingerprint density at radius 1 is 0.926 bits per heavy atom. The number of hydrogen-bond acceptors (Lipinski definition) is 4. The van der Waals surface area contributed by atoms with Gasteiger partial charge in [-0.15, -0.1) is 0 Å². The topological polar surface area (TPSA) is 39.7 Å². The van der Waals surface area contributed by atoms with Gasteiger partial charge < -0.3 is 19.5 Å². The summed E-state index contributed by atoms with van der Waals surface area (Å²) in [5.41, 5.74) is 6.03. The predicted molar refractivity (Wildman–Crippen MR) is 115 cm³/mol. The standard InChI is InChI=1S/C22H27NO3S/c1-14-9-17(10-15(2)16(14)3)7-8-21(27)23-13-18-11-19(24-4)22(26-6)20(12-18)25-5/h7-12H,13H2,1-6H3,(H,23,27)/b8-7+. The molecule has 0 saturated carbocycles. The molecule has 0 aliphatic rings. The zero-order valence-electron chi connectivity index (χ0n) is 16.8. The molecule has 0 fully saturated rings. The van der Waals surface area contributed by atoms with Gasteiger partial charge in [-0.1, -0.05) is 30.4 Å². The Kier molecular flexibility index (Phi) is 7.25. The third-order valence-corrected chi connectivity index (χ3v) is 4.85. The van der Waals surface area contributed by atoms with Gasteiger partial charge in [0.15, 0.2) is 11.5 Å². The van der Waals surface area contributed by atoms with Gasteiger partial charge >= 0.3 is 0 Å². The second-order valence-electron chi connectivity index (χ2n) is 6.36. The molecule has 144 valence electrons. The van der Waals surface area contributed by atoms with Crippen LogP contribution < -0.4 is 19.5 Å². The van der Waals surface area contributed by atoms with E-state index in [-0.39, 0.29) is 0 Å². The van der Waals surface area contributed by atoms with E-state index < -0.39 is 0 Å². The third-order valence-electron chi connectivity index (χ3n) is 4.57. The maximum atomic E-state index is 5.43. The molecule has 2 rings (SSSR count). The highest BCUT2D eigenvalue weighted by atomic mass is 32.1. The van der Waals surface area contributed by atoms with Gasteiger partial charge in [-0.05, 0) is 66.8 Å². The number of thiocarbonyl (C=S) groups is 1. The summed E-state index contributed by atoms with van der Waals surface area (Å²) >= 11 is 5.43. The SMILES string of the molecule is COc1cc(CNC(=S)/C=C/c2cc(C)c(C)c(C)c2)cc(OC)c1OC. The van der Waals surface area contributed by atoms with Crippen LogP contribution in [-0.4, -0.2) is 26.3 Å². The van der Waals surface area contributed by atoms with Gasteiger partial charge in [0, 0.05) is 6.54 Å². The van der Waals surface area contributed by atoms with E-state index in [1.807, 2.05) is 24.3 Å². The molecular formula is C22H27NO3S. The maximum absolute atomic E-state index is 5.43. The first-order valence-corrected chi connectivity index (χ1v) is 9.13. The van der Waals surface area contributed by atoms with Gasteiger partial charge in [0.05, 0.1) is 26.3 Å². The van der Waals surface area contributed by atoms with E-state index in [0.717, 1.165) is 11.1 Å². The monoisotopic (exact) mass is 385 g/mol. The molecule has 5 heteroatoms. The zero-order valence-corrected chi connectivity index (χ0v) is 17.6. The summed E-state index contributed by atoms with van der Waals surface area (Å²) in [5.74, 6) is 1.83. The molecule has 0 amide bonds. The highest BCUT2D eigenvalue weighted by molar-refractivity contribution is 7.80. The van der Waals surface area contributed by atoms with Crippen molar-refractivity contribution >= 4 is 23.3 Å². The second kappa shape index (κ2) is 9.42. The van der Waals surface area contributed by atoms with Crippen LogP contribution >= 0.6 is 12.2 Å². The van der Waals surface area contributed by atoms with E-state index in [9.17, 15) is 0 Å². The number of rotatable bonds is 7. The normalized spacial score (nSPS) is 10.7. The van der Waals surface area contributed by atoms with Crippen molar-refractivity contribution in [2.75, 3.05) is 21.3 Å². The number of aryl methyl sites for hydroxylation is 2. The van der Waals surface area contributed by atoms with Gasteiger partial charge in [0.25, 0.3) is 0 Å². The lowest BCUT2D eigenvalue weighted by molar-refractivity contribution is 0.323. The van der Waals surface area contributed by atoms with E-state index in [1.165, 1.54) is 16.7 Å². The lowest BCUT2D eigenvalue weighted by Gasteiger charge is -2.14. The maximum Gasteiger partial charge on any atom is 0.203 e. The van der Waals surface area contributed by atoms with E-state index in [1.54, 1.807) is 21.3 Å². The Labute approximate surface area is 167 Å². The number of benzene rings is 2. The molecule has 2 aromatic rings. The Hall–Kier alpha value is -2.53. The molecule has 0 aliphatic carbocycles. The van der Waals surface area contributed by atoms with Gasteiger partial charge in [0.2, 0.25) is 5.75 Å². The molecule has 0 saturated heterocycles. The molecule has 1 N–H and O–H groups in total. The number of methoxy groups -OCH3 is 3. The van der Waals surface area contributed by atoms with E-state index >= 15 is 0 Å². The molecule has 0 atom stereocenters. The highest BCUT2D eigenvalue weighted by Crippen LogP contribution is 2.38. The fourth-order valence-electron chi connectivity index (χ4n) is 2.82. The zero-order chi connectivity index (χ0) is 20.0. The number of ether oxygens (including phenoxy) is 3. The molecule has 4 nitrogen and oxygen atoms in total. The summed E-state index contributed by atoms with van der Waals surface area (Å²) in [5, 5.41) is 3.24. The molecule has 0 radical (unpaired) electrons. The Balaban J connectivity index is 2.07. The minimum absolute atomic E-state index is 0.561. The summed E-state index contributed by atoms with van der Waals surface area (Å²) in [4.78, 5) is 0.666. The molecular weight excluding hydrogens is 358 g/mol. The van der Waals surface area contributed by atoms with Crippen LogP contribution in [0, 0.1) is 20.8 Å². The molecule has 0 spiro atoms. The summed E-state index contributed by atoms with van der Waals surface area (Å²) in [7, 11) is 4.80. The van der Waals surface area contributed by atoms with Crippen LogP contribution in [0.3, 0.4) is 0 Å². The average Bonchev–Trinajstić information content (AvgIpc) is 2.67. The number of hydrogen-bond donors (Lipinski definition) is 1. The van der Waals surface area contributed by atoms with Gasteiger partial charge in [-0.25, -0.2) is 0 Å². The van der Waals surface area contributed by atoms with E-state index in [2.05, 4.69) is 38.2 Å². The van der Waals surface area contributed by atoms with Crippen LogP contribution in [-0.2, 0) is 6.54 Å². The van der Waals surface area contributed by atoms with Gasteiger partial charge in [0.1, 0.15) is 0 Å². The summed E-state index contributed by atoms with van der Waals surface area (Å²) < 4.78 is 16.1. The third kappa shape index (κ3) is 5.23. The minimum Gasteiger partial charge on any atom is -0.493 e. The molecule has 27 heavy (non-hydrogen) atoms. The Bertz CT molecular complexity index is 811. The number of nitrogens with one attached hydrogen (secondary N) is 1. The van der Waals surface area contributed by atoms with Crippen molar-refractivity contribution in [3.05, 3.63) is 58.2 Å². The molecule has 2 aromatic carbocycles. The molecule has 0 aromatic heterocycles. The van der Waals surface area contributed by atoms with Crippen molar-refractivity contribution < 1.29 is 14.2 Å². The Morgan fingerprint density at radius 3 is 1.96 bits per heavy atom. The van der Waals surface area contributed by atoms with Gasteiger partial charge in [-0.3, -0.25) is 0 Å². The molecule has 0 unspecified atom stereocenters. The average molecular weight is 386 g/mol. The summed E-state index contributed by atoms with van der Waals surface area (Å²) in [6.07, 6.45) is 3.95. The lowest BCUT2D eigenvalue weighted by Crippen LogP contribution is -2.18. The smallest absolute Gasteiger partial charge is 0.203 e. The van der Waals surface area contributed by atoms with E-state index in [0.29, 0.717) is 28.8 Å². The lowest BCUT2D eigenvalue weighted by atomic mass is 10.0. The van der Waals surface area contributed by atoms with Crippen LogP contribution in [0.25, 0.3) is 6.08 Å². The fraction of sp³-hybridized carbons (Fsp3) is 0.318. The van der Waals surface area contributed by atoms with Crippen molar-refractivity contribution in [3.8, 4) is 17.2 Å². The summed E-state index contributed by atoms with van der Waals surface area (Å²) in [6.45, 7) is 6.95. The van der Waals surface area contributed by atoms with Crippen LogP contribution in [0.4, 0.5) is 0 Å². The minimum atomic E-state index is 0.561. The second-order valence-corrected chi connectivity index (χ2v) is 6.80. The van der Waals surface area contributed by atoms with Gasteiger partial charge in [-0.2, -0.15) is 0 Å². The quantitative estimate of drug-likeness (QED) is 0.549. The molecule has 0 bridgehead atoms. The fourth-order valence-corrected chi connectivity index (χ4v) is 2.96. The first-order chi connectivity index (χ1) is 12.9. The van der Waals surface area contributed by atoms with Crippen molar-refractivity contribution in [1.82, 2.24) is 5.32 Å². The van der Waals surface area contributed by atoms with E-state index in [4.69, 9.17) is 26.4 Å². The summed E-state index contributed by atoms with van der Waals surface area (Å²) in [6, 6.07) is 8.15. The first-order valence-electron chi connectivity index (χ1n) is 8.72. The van der Waals surface area contributed by atoms with Crippen molar-refractivity contribution in [3.63, 3.8) is 0 Å². The van der Waals surface area contributed by atoms with Crippen molar-refractivity contribution in [1.29, 1.82) is 0 Å². The van der Waals surface area contributed by atoms with Crippen molar-refractivity contribution in [2.45, 2.75) is 27.3 Å². The largest absolute Gasteiger partial charge is 0.493 e. The van der Waals surface area contributed by atoms with Crippen LogP contribution in [0.5, 0.6) is 17.2 Å². The van der Waals surface area contributed by atoms with Crippen LogP contribution in [0.2, 0.25) is 0 Å². The molecule has 0 aliphatic heterocycles. The van der Waals surface area contributed by atoms with Crippen LogP contribution in [0.1, 0.15) is 27.8 Å². The van der Waals surface area contributed by atoms with Crippen LogP contribution in [0.15, 0.2) is 30.3 Å².